The molecule has 0 bridgehead atoms. The minimum atomic E-state index is 0. The van der Waals surface area contributed by atoms with Gasteiger partial charge in [0, 0.05) is 32.7 Å². The third kappa shape index (κ3) is 8.89. The van der Waals surface area contributed by atoms with Crippen LogP contribution >= 0.6 is 24.0 Å². The van der Waals surface area contributed by atoms with Gasteiger partial charge in [0.15, 0.2) is 5.96 Å². The van der Waals surface area contributed by atoms with Crippen molar-refractivity contribution in [1.82, 2.24) is 15.5 Å². The fourth-order valence-electron chi connectivity index (χ4n) is 3.09. The monoisotopic (exact) mass is 524 g/mol. The summed E-state index contributed by atoms with van der Waals surface area (Å²) >= 11 is 0. The van der Waals surface area contributed by atoms with Crippen LogP contribution in [0.2, 0.25) is 0 Å². The van der Waals surface area contributed by atoms with Crippen LogP contribution in [0.15, 0.2) is 59.6 Å². The molecule has 164 valence electrons. The fourth-order valence-corrected chi connectivity index (χ4v) is 3.09. The molecule has 0 unspecified atom stereocenters. The van der Waals surface area contributed by atoms with Crippen molar-refractivity contribution in [3.05, 3.63) is 65.7 Å². The number of morpholine rings is 1. The lowest BCUT2D eigenvalue weighted by atomic mass is 10.1. The van der Waals surface area contributed by atoms with Crippen LogP contribution in [0.1, 0.15) is 18.1 Å². The number of para-hydroxylation sites is 1. The van der Waals surface area contributed by atoms with E-state index < -0.39 is 0 Å². The zero-order valence-electron chi connectivity index (χ0n) is 17.7. The van der Waals surface area contributed by atoms with Gasteiger partial charge < -0.3 is 20.1 Å². The summed E-state index contributed by atoms with van der Waals surface area (Å²) in [5.41, 5.74) is 2.33. The highest BCUT2D eigenvalue weighted by atomic mass is 127. The molecule has 0 aromatic heterocycles. The summed E-state index contributed by atoms with van der Waals surface area (Å²) in [4.78, 5) is 7.12. The van der Waals surface area contributed by atoms with Crippen LogP contribution in [0.25, 0.3) is 0 Å². The number of rotatable bonds is 9. The number of nitrogens with one attached hydrogen (secondary N) is 2. The highest BCUT2D eigenvalue weighted by Crippen LogP contribution is 2.12. The summed E-state index contributed by atoms with van der Waals surface area (Å²) in [5.74, 6) is 1.75. The van der Waals surface area contributed by atoms with Crippen molar-refractivity contribution in [2.45, 2.75) is 20.1 Å². The Labute approximate surface area is 197 Å². The first kappa shape index (κ1) is 24.4. The van der Waals surface area contributed by atoms with Gasteiger partial charge in [0.05, 0.1) is 19.8 Å². The molecule has 1 saturated heterocycles. The molecular formula is C23H33IN4O2. The lowest BCUT2D eigenvalue weighted by Gasteiger charge is -2.26. The van der Waals surface area contributed by atoms with E-state index in [-0.39, 0.29) is 24.0 Å². The Bertz CT molecular complexity index is 735. The number of hydrogen-bond donors (Lipinski definition) is 2. The van der Waals surface area contributed by atoms with Crippen molar-refractivity contribution in [2.24, 2.45) is 4.99 Å². The van der Waals surface area contributed by atoms with Gasteiger partial charge in [-0.15, -0.1) is 24.0 Å². The summed E-state index contributed by atoms with van der Waals surface area (Å²) < 4.78 is 11.2. The Morgan fingerprint density at radius 3 is 2.40 bits per heavy atom. The smallest absolute Gasteiger partial charge is 0.191 e. The van der Waals surface area contributed by atoms with E-state index in [2.05, 4.69) is 46.7 Å². The molecule has 1 aliphatic rings. The number of hydrogen-bond acceptors (Lipinski definition) is 4. The van der Waals surface area contributed by atoms with E-state index in [1.165, 1.54) is 5.56 Å². The maximum absolute atomic E-state index is 5.80. The molecule has 0 aliphatic carbocycles. The summed E-state index contributed by atoms with van der Waals surface area (Å²) in [5, 5.41) is 6.74. The zero-order chi connectivity index (χ0) is 20.2. The quantitative estimate of drug-likeness (QED) is 0.300. The normalized spacial score (nSPS) is 14.6. The minimum absolute atomic E-state index is 0. The van der Waals surface area contributed by atoms with Gasteiger partial charge in [-0.2, -0.15) is 0 Å². The Morgan fingerprint density at radius 2 is 1.70 bits per heavy atom. The highest BCUT2D eigenvalue weighted by Gasteiger charge is 2.09. The van der Waals surface area contributed by atoms with Crippen LogP contribution in [0.5, 0.6) is 5.75 Å². The SMILES string of the molecule is CCNC(=NCc1ccc(COc2ccccc2)cc1)NCCN1CCOCC1.I. The van der Waals surface area contributed by atoms with E-state index in [0.717, 1.165) is 63.2 Å². The lowest BCUT2D eigenvalue weighted by molar-refractivity contribution is 0.0389. The molecule has 3 rings (SSSR count). The van der Waals surface area contributed by atoms with E-state index in [1.54, 1.807) is 0 Å². The topological polar surface area (TPSA) is 58.1 Å². The van der Waals surface area contributed by atoms with Gasteiger partial charge in [0.2, 0.25) is 0 Å². The van der Waals surface area contributed by atoms with Gasteiger partial charge in [-0.3, -0.25) is 4.90 Å². The summed E-state index contributed by atoms with van der Waals surface area (Å²) in [6.07, 6.45) is 0. The lowest BCUT2D eigenvalue weighted by Crippen LogP contribution is -2.44. The summed E-state index contributed by atoms with van der Waals surface area (Å²) in [6.45, 7) is 9.71. The minimum Gasteiger partial charge on any atom is -0.489 e. The average Bonchev–Trinajstić information content (AvgIpc) is 2.78. The first-order chi connectivity index (χ1) is 14.3. The van der Waals surface area contributed by atoms with E-state index in [4.69, 9.17) is 14.5 Å². The number of aliphatic imine (C=N–C) groups is 1. The molecule has 7 heteroatoms. The molecule has 2 aromatic carbocycles. The molecule has 1 fully saturated rings. The van der Waals surface area contributed by atoms with Crippen LogP contribution in [0.4, 0.5) is 0 Å². The Kier molecular flexibility index (Phi) is 11.6. The summed E-state index contributed by atoms with van der Waals surface area (Å²) in [6, 6.07) is 18.3. The molecule has 2 N–H and O–H groups in total. The Balaban J connectivity index is 0.00000320. The molecular weight excluding hydrogens is 491 g/mol. The molecule has 6 nitrogen and oxygen atoms in total. The first-order valence-electron chi connectivity index (χ1n) is 10.4. The molecule has 1 heterocycles. The molecule has 30 heavy (non-hydrogen) atoms. The van der Waals surface area contributed by atoms with Crippen LogP contribution in [-0.2, 0) is 17.9 Å². The predicted molar refractivity (Wildman–Crippen MR) is 133 cm³/mol. The molecule has 0 amide bonds. The third-order valence-corrected chi connectivity index (χ3v) is 4.76. The van der Waals surface area contributed by atoms with Crippen LogP contribution < -0.4 is 15.4 Å². The molecule has 0 radical (unpaired) electrons. The maximum atomic E-state index is 5.80. The second-order valence-electron chi connectivity index (χ2n) is 6.99. The zero-order valence-corrected chi connectivity index (χ0v) is 20.0. The molecule has 1 aliphatic heterocycles. The molecule has 2 aromatic rings. The predicted octanol–water partition coefficient (Wildman–Crippen LogP) is 3.27. The van der Waals surface area contributed by atoms with Gasteiger partial charge >= 0.3 is 0 Å². The van der Waals surface area contributed by atoms with Gasteiger partial charge in [-0.05, 0) is 30.2 Å². The van der Waals surface area contributed by atoms with Gasteiger partial charge in [0.25, 0.3) is 0 Å². The number of guanidine groups is 1. The highest BCUT2D eigenvalue weighted by molar-refractivity contribution is 14.0. The van der Waals surface area contributed by atoms with Crippen LogP contribution in [0, 0.1) is 0 Å². The number of halogens is 1. The van der Waals surface area contributed by atoms with Crippen LogP contribution in [0.3, 0.4) is 0 Å². The van der Waals surface area contributed by atoms with E-state index in [1.807, 2.05) is 30.3 Å². The van der Waals surface area contributed by atoms with Gasteiger partial charge in [0.1, 0.15) is 12.4 Å². The Morgan fingerprint density at radius 1 is 1.00 bits per heavy atom. The number of ether oxygens (including phenoxy) is 2. The summed E-state index contributed by atoms with van der Waals surface area (Å²) in [7, 11) is 0. The van der Waals surface area contributed by atoms with Crippen molar-refractivity contribution in [3.8, 4) is 5.75 Å². The fraction of sp³-hybridized carbons (Fsp3) is 0.435. The van der Waals surface area contributed by atoms with Gasteiger partial charge in [-0.1, -0.05) is 42.5 Å². The maximum Gasteiger partial charge on any atom is 0.191 e. The van der Waals surface area contributed by atoms with Crippen molar-refractivity contribution >= 4 is 29.9 Å². The van der Waals surface area contributed by atoms with Crippen LogP contribution in [-0.4, -0.2) is 56.8 Å². The van der Waals surface area contributed by atoms with E-state index >= 15 is 0 Å². The van der Waals surface area contributed by atoms with Crippen molar-refractivity contribution < 1.29 is 9.47 Å². The average molecular weight is 524 g/mol. The van der Waals surface area contributed by atoms with E-state index in [9.17, 15) is 0 Å². The van der Waals surface area contributed by atoms with Crippen molar-refractivity contribution in [1.29, 1.82) is 0 Å². The Hall–Kier alpha value is -1.84. The van der Waals surface area contributed by atoms with Crippen molar-refractivity contribution in [2.75, 3.05) is 45.9 Å². The first-order valence-corrected chi connectivity index (χ1v) is 10.4. The van der Waals surface area contributed by atoms with Crippen molar-refractivity contribution in [3.63, 3.8) is 0 Å². The molecule has 0 spiro atoms. The second kappa shape index (κ2) is 14.2. The number of nitrogens with zero attached hydrogens (tertiary/aromatic N) is 2. The standard InChI is InChI=1S/C23H32N4O2.HI/c1-2-24-23(25-12-13-27-14-16-28-17-15-27)26-18-20-8-10-21(11-9-20)19-29-22-6-4-3-5-7-22;/h3-11H,2,12-19H2,1H3,(H2,24,25,26);1H. The molecule has 0 atom stereocenters. The van der Waals surface area contributed by atoms with Gasteiger partial charge in [-0.25, -0.2) is 4.99 Å². The third-order valence-electron chi connectivity index (χ3n) is 4.76. The second-order valence-corrected chi connectivity index (χ2v) is 6.99. The van der Waals surface area contributed by atoms with E-state index in [0.29, 0.717) is 13.2 Å². The number of benzene rings is 2. The molecule has 0 saturated carbocycles. The largest absolute Gasteiger partial charge is 0.489 e.